The number of rotatable bonds is 5. The van der Waals surface area contributed by atoms with E-state index in [0.717, 1.165) is 26.7 Å². The van der Waals surface area contributed by atoms with E-state index >= 15 is 0 Å². The molecule has 0 unspecified atom stereocenters. The highest BCUT2D eigenvalue weighted by molar-refractivity contribution is 7.99. The Morgan fingerprint density at radius 3 is 2.89 bits per heavy atom. The van der Waals surface area contributed by atoms with Crippen LogP contribution in [0.2, 0.25) is 0 Å². The van der Waals surface area contributed by atoms with E-state index in [9.17, 15) is 0 Å². The quantitative estimate of drug-likeness (QED) is 0.405. The summed E-state index contributed by atoms with van der Waals surface area (Å²) in [5.41, 5.74) is 1.02. The molecule has 5 heteroatoms. The molecule has 0 fully saturated rings. The van der Waals surface area contributed by atoms with E-state index < -0.39 is 0 Å². The molecular weight excluding hydrogens is 276 g/mol. The summed E-state index contributed by atoms with van der Waals surface area (Å²) in [6.07, 6.45) is 1.62. The summed E-state index contributed by atoms with van der Waals surface area (Å²) in [5.74, 6) is 1.78. The molecule has 0 radical (unpaired) electrons. The monoisotopic (exact) mass is 288 g/mol. The molecule has 19 heavy (non-hydrogen) atoms. The average molecular weight is 288 g/mol. The zero-order valence-corrected chi connectivity index (χ0v) is 11.8. The molecular formula is C14H12N2OS2. The van der Waals surface area contributed by atoms with Crippen molar-refractivity contribution in [2.45, 2.75) is 5.03 Å². The molecule has 1 aromatic carbocycles. The topological polar surface area (TPSA) is 35.0 Å². The number of para-hydroxylation sites is 1. The number of hydrogen-bond donors (Lipinski definition) is 0. The van der Waals surface area contributed by atoms with Crippen molar-refractivity contribution in [2.24, 2.45) is 0 Å². The SMILES string of the molecule is c1ccc(OCCSc2ncnc3ccsc23)cc1. The molecule has 96 valence electrons. The minimum Gasteiger partial charge on any atom is -0.493 e. The van der Waals surface area contributed by atoms with Crippen molar-refractivity contribution in [3.63, 3.8) is 0 Å². The van der Waals surface area contributed by atoms with Crippen molar-refractivity contribution in [1.82, 2.24) is 9.97 Å². The number of nitrogens with zero attached hydrogens (tertiary/aromatic N) is 2. The lowest BCUT2D eigenvalue weighted by Gasteiger charge is -2.05. The molecule has 0 atom stereocenters. The first-order chi connectivity index (χ1) is 9.43. The van der Waals surface area contributed by atoms with E-state index in [2.05, 4.69) is 9.97 Å². The minimum atomic E-state index is 0.672. The Bertz CT molecular complexity index is 655. The molecule has 0 amide bonds. The molecule has 0 saturated heterocycles. The van der Waals surface area contributed by atoms with E-state index in [1.165, 1.54) is 0 Å². The van der Waals surface area contributed by atoms with Crippen LogP contribution in [0.25, 0.3) is 10.2 Å². The van der Waals surface area contributed by atoms with Crippen LogP contribution >= 0.6 is 23.1 Å². The van der Waals surface area contributed by atoms with Crippen LogP contribution in [0.3, 0.4) is 0 Å². The molecule has 0 bridgehead atoms. The number of benzene rings is 1. The highest BCUT2D eigenvalue weighted by Gasteiger charge is 2.05. The van der Waals surface area contributed by atoms with Gasteiger partial charge in [-0.3, -0.25) is 0 Å². The van der Waals surface area contributed by atoms with Gasteiger partial charge in [-0.05, 0) is 23.6 Å². The van der Waals surface area contributed by atoms with Gasteiger partial charge in [0, 0.05) is 5.75 Å². The summed E-state index contributed by atoms with van der Waals surface area (Å²) in [5, 5.41) is 3.08. The molecule has 0 aliphatic carbocycles. The van der Waals surface area contributed by atoms with Gasteiger partial charge >= 0.3 is 0 Å². The van der Waals surface area contributed by atoms with Crippen LogP contribution in [0.1, 0.15) is 0 Å². The van der Waals surface area contributed by atoms with E-state index in [4.69, 9.17) is 4.74 Å². The summed E-state index contributed by atoms with van der Waals surface area (Å²) < 4.78 is 6.82. The fraction of sp³-hybridized carbons (Fsp3) is 0.143. The lowest BCUT2D eigenvalue weighted by molar-refractivity contribution is 0.344. The molecule has 2 aromatic heterocycles. The second-order valence-corrected chi connectivity index (χ2v) is 5.82. The van der Waals surface area contributed by atoms with Crippen LogP contribution in [0.4, 0.5) is 0 Å². The Balaban J connectivity index is 1.57. The summed E-state index contributed by atoms with van der Waals surface area (Å²) >= 11 is 3.39. The number of fused-ring (bicyclic) bond motifs is 1. The first-order valence-electron chi connectivity index (χ1n) is 5.92. The second kappa shape index (κ2) is 6.04. The maximum atomic E-state index is 5.66. The highest BCUT2D eigenvalue weighted by Crippen LogP contribution is 2.28. The molecule has 2 heterocycles. The minimum absolute atomic E-state index is 0.672. The normalized spacial score (nSPS) is 10.7. The van der Waals surface area contributed by atoms with E-state index in [1.54, 1.807) is 29.4 Å². The maximum absolute atomic E-state index is 5.66. The van der Waals surface area contributed by atoms with Crippen LogP contribution in [0.5, 0.6) is 5.75 Å². The standard InChI is InChI=1S/C14H12N2OS2/c1-2-4-11(5-3-1)17-7-9-19-14-13-12(6-8-18-13)15-10-16-14/h1-6,8,10H,7,9H2. The number of aromatic nitrogens is 2. The summed E-state index contributed by atoms with van der Waals surface area (Å²) in [7, 11) is 0. The molecule has 0 aliphatic heterocycles. The van der Waals surface area contributed by atoms with Gasteiger partial charge in [0.25, 0.3) is 0 Å². The van der Waals surface area contributed by atoms with Gasteiger partial charge in [-0.1, -0.05) is 18.2 Å². The van der Waals surface area contributed by atoms with E-state index in [0.29, 0.717) is 6.61 Å². The first kappa shape index (κ1) is 12.4. The summed E-state index contributed by atoms with van der Waals surface area (Å²) in [6.45, 7) is 0.672. The van der Waals surface area contributed by atoms with Crippen LogP contribution in [0.15, 0.2) is 53.1 Å². The largest absolute Gasteiger partial charge is 0.493 e. The van der Waals surface area contributed by atoms with Gasteiger partial charge in [-0.15, -0.1) is 23.1 Å². The zero-order chi connectivity index (χ0) is 12.9. The molecule has 3 nitrogen and oxygen atoms in total. The average Bonchev–Trinajstić information content (AvgIpc) is 2.94. The Morgan fingerprint density at radius 1 is 1.11 bits per heavy atom. The lowest BCUT2D eigenvalue weighted by atomic mass is 10.3. The van der Waals surface area contributed by atoms with Crippen molar-refractivity contribution in [2.75, 3.05) is 12.4 Å². The van der Waals surface area contributed by atoms with Crippen LogP contribution in [-0.2, 0) is 0 Å². The summed E-state index contributed by atoms with van der Waals surface area (Å²) in [6, 6.07) is 11.9. The van der Waals surface area contributed by atoms with Crippen molar-refractivity contribution in [3.05, 3.63) is 48.1 Å². The molecule has 0 aliphatic rings. The molecule has 0 spiro atoms. The van der Waals surface area contributed by atoms with Crippen molar-refractivity contribution >= 4 is 33.3 Å². The zero-order valence-electron chi connectivity index (χ0n) is 10.2. The molecule has 3 aromatic rings. The second-order valence-electron chi connectivity index (χ2n) is 3.82. The van der Waals surface area contributed by atoms with Crippen molar-refractivity contribution < 1.29 is 4.74 Å². The van der Waals surface area contributed by atoms with Gasteiger partial charge in [0.2, 0.25) is 0 Å². The van der Waals surface area contributed by atoms with Gasteiger partial charge in [0.05, 0.1) is 16.8 Å². The number of ether oxygens (including phenoxy) is 1. The predicted molar refractivity (Wildman–Crippen MR) is 80.1 cm³/mol. The number of hydrogen-bond acceptors (Lipinski definition) is 5. The number of thiophene rings is 1. The smallest absolute Gasteiger partial charge is 0.119 e. The van der Waals surface area contributed by atoms with E-state index in [1.807, 2.05) is 41.8 Å². The Hall–Kier alpha value is -1.59. The Kier molecular flexibility index (Phi) is 3.95. The van der Waals surface area contributed by atoms with Crippen LogP contribution in [-0.4, -0.2) is 22.3 Å². The van der Waals surface area contributed by atoms with Crippen molar-refractivity contribution in [1.29, 1.82) is 0 Å². The van der Waals surface area contributed by atoms with Crippen molar-refractivity contribution in [3.8, 4) is 5.75 Å². The Morgan fingerprint density at radius 2 is 2.00 bits per heavy atom. The van der Waals surface area contributed by atoms with Gasteiger partial charge < -0.3 is 4.74 Å². The van der Waals surface area contributed by atoms with Crippen LogP contribution < -0.4 is 4.74 Å². The van der Waals surface area contributed by atoms with Crippen LogP contribution in [0, 0.1) is 0 Å². The maximum Gasteiger partial charge on any atom is 0.119 e. The van der Waals surface area contributed by atoms with Gasteiger partial charge in [-0.2, -0.15) is 0 Å². The predicted octanol–water partition coefficient (Wildman–Crippen LogP) is 3.86. The molecule has 0 saturated carbocycles. The van der Waals surface area contributed by atoms with E-state index in [-0.39, 0.29) is 0 Å². The number of thioether (sulfide) groups is 1. The fourth-order valence-corrected chi connectivity index (χ4v) is 3.45. The third-order valence-corrected chi connectivity index (χ3v) is 4.54. The Labute approximate surface area is 119 Å². The summed E-state index contributed by atoms with van der Waals surface area (Å²) in [4.78, 5) is 8.56. The van der Waals surface area contributed by atoms with Gasteiger partial charge in [0.1, 0.15) is 17.1 Å². The fourth-order valence-electron chi connectivity index (χ4n) is 1.68. The molecule has 0 N–H and O–H groups in total. The third kappa shape index (κ3) is 3.05. The molecule has 3 rings (SSSR count). The van der Waals surface area contributed by atoms with Gasteiger partial charge in [0.15, 0.2) is 0 Å². The van der Waals surface area contributed by atoms with Gasteiger partial charge in [-0.25, -0.2) is 9.97 Å². The highest BCUT2D eigenvalue weighted by atomic mass is 32.2. The first-order valence-corrected chi connectivity index (χ1v) is 7.79. The lowest BCUT2D eigenvalue weighted by Crippen LogP contribution is -2.00. The third-order valence-electron chi connectivity index (χ3n) is 2.54.